The molecule has 1 aliphatic rings. The number of anilines is 3. The van der Waals surface area contributed by atoms with E-state index in [4.69, 9.17) is 0 Å². The number of aromatic hydroxyl groups is 1. The van der Waals surface area contributed by atoms with E-state index in [9.17, 15) is 5.11 Å². The number of aryl methyl sites for hydroxylation is 1. The van der Waals surface area contributed by atoms with Crippen LogP contribution in [0.2, 0.25) is 0 Å². The number of hydrogen-bond acceptors (Lipinski definition) is 8. The van der Waals surface area contributed by atoms with Crippen LogP contribution in [0.25, 0.3) is 12.2 Å². The summed E-state index contributed by atoms with van der Waals surface area (Å²) >= 11 is 1.54. The molecule has 3 aromatic rings. The van der Waals surface area contributed by atoms with Crippen molar-refractivity contribution in [3.05, 3.63) is 52.8 Å². The molecule has 1 aromatic carbocycles. The van der Waals surface area contributed by atoms with E-state index in [1.165, 1.54) is 0 Å². The van der Waals surface area contributed by atoms with Crippen molar-refractivity contribution in [3.63, 3.8) is 0 Å². The molecule has 1 aliphatic heterocycles. The number of thiazole rings is 1. The van der Waals surface area contributed by atoms with Crippen molar-refractivity contribution in [2.75, 3.05) is 36.4 Å². The fourth-order valence-electron chi connectivity index (χ4n) is 3.01. The van der Waals surface area contributed by atoms with Crippen molar-refractivity contribution in [2.24, 2.45) is 0 Å². The molecule has 0 aliphatic carbocycles. The fourth-order valence-corrected chi connectivity index (χ4v) is 3.74. The molecule has 7 nitrogen and oxygen atoms in total. The summed E-state index contributed by atoms with van der Waals surface area (Å²) in [5.74, 6) is 2.68. The van der Waals surface area contributed by atoms with Gasteiger partial charge in [0.1, 0.15) is 23.2 Å². The molecule has 0 bridgehead atoms. The van der Waals surface area contributed by atoms with Gasteiger partial charge in [-0.15, -0.1) is 12.4 Å². The van der Waals surface area contributed by atoms with Gasteiger partial charge in [0.25, 0.3) is 0 Å². The lowest BCUT2D eigenvalue weighted by Gasteiger charge is -2.28. The van der Waals surface area contributed by atoms with E-state index in [0.29, 0.717) is 0 Å². The maximum Gasteiger partial charge on any atom is 0.188 e. The average Bonchev–Trinajstić information content (AvgIpc) is 3.14. The first-order chi connectivity index (χ1) is 13.7. The molecular formula is C20H23ClN6OS. The number of hydrogen-bond donors (Lipinski definition) is 3. The molecule has 2 aromatic heterocycles. The Bertz CT molecular complexity index is 987. The van der Waals surface area contributed by atoms with Gasteiger partial charge < -0.3 is 20.6 Å². The number of nitrogens with one attached hydrogen (secondary N) is 2. The number of nitrogens with zero attached hydrogens (tertiary/aromatic N) is 4. The standard InChI is InChI=1S/C20H22N6OS.ClH/c1-14-23-18(12-19(24-14)26-9-7-21-8-10-26)25-20-22-13-17(28-20)6-5-15-3-2-4-16(27)11-15;/h2-6,11-13,21,27H,7-10H2,1H3,(H,22,23,24,25);1H. The Morgan fingerprint density at radius 3 is 2.79 bits per heavy atom. The van der Waals surface area contributed by atoms with Crippen molar-refractivity contribution in [1.29, 1.82) is 0 Å². The van der Waals surface area contributed by atoms with Crippen LogP contribution in [0.5, 0.6) is 5.75 Å². The van der Waals surface area contributed by atoms with Gasteiger partial charge in [0.05, 0.1) is 0 Å². The van der Waals surface area contributed by atoms with Crippen LogP contribution in [0.3, 0.4) is 0 Å². The minimum atomic E-state index is 0. The number of rotatable bonds is 5. The Morgan fingerprint density at radius 2 is 2.00 bits per heavy atom. The number of halogens is 1. The summed E-state index contributed by atoms with van der Waals surface area (Å²) in [5.41, 5.74) is 0.940. The second-order valence-corrected chi connectivity index (χ2v) is 7.58. The van der Waals surface area contributed by atoms with Crippen molar-refractivity contribution >= 4 is 52.7 Å². The molecule has 0 atom stereocenters. The smallest absolute Gasteiger partial charge is 0.188 e. The zero-order chi connectivity index (χ0) is 19.3. The van der Waals surface area contributed by atoms with E-state index < -0.39 is 0 Å². The molecule has 1 fully saturated rings. The van der Waals surface area contributed by atoms with E-state index >= 15 is 0 Å². The minimum absolute atomic E-state index is 0. The molecule has 0 amide bonds. The van der Waals surface area contributed by atoms with E-state index in [1.54, 1.807) is 23.5 Å². The van der Waals surface area contributed by atoms with E-state index in [2.05, 4.69) is 30.5 Å². The van der Waals surface area contributed by atoms with Gasteiger partial charge in [-0.2, -0.15) is 0 Å². The van der Waals surface area contributed by atoms with Gasteiger partial charge in [0.2, 0.25) is 0 Å². The van der Waals surface area contributed by atoms with Crippen molar-refractivity contribution in [2.45, 2.75) is 6.92 Å². The van der Waals surface area contributed by atoms with Gasteiger partial charge in [-0.3, -0.25) is 0 Å². The molecular weight excluding hydrogens is 408 g/mol. The molecule has 0 saturated carbocycles. The van der Waals surface area contributed by atoms with E-state index in [-0.39, 0.29) is 18.2 Å². The lowest BCUT2D eigenvalue weighted by atomic mass is 10.2. The van der Waals surface area contributed by atoms with Gasteiger partial charge in [-0.25, -0.2) is 15.0 Å². The van der Waals surface area contributed by atoms with Crippen LogP contribution in [-0.4, -0.2) is 46.2 Å². The van der Waals surface area contributed by atoms with Crippen LogP contribution < -0.4 is 15.5 Å². The fraction of sp³-hybridized carbons (Fsp3) is 0.250. The van der Waals surface area contributed by atoms with Gasteiger partial charge >= 0.3 is 0 Å². The third kappa shape index (κ3) is 5.66. The minimum Gasteiger partial charge on any atom is -0.508 e. The molecule has 9 heteroatoms. The van der Waals surface area contributed by atoms with Gasteiger partial charge in [0.15, 0.2) is 5.13 Å². The normalized spacial score (nSPS) is 14.0. The third-order valence-electron chi connectivity index (χ3n) is 4.33. The highest BCUT2D eigenvalue weighted by molar-refractivity contribution is 7.16. The second-order valence-electron chi connectivity index (χ2n) is 6.52. The number of aromatic nitrogens is 3. The number of phenols is 1. The monoisotopic (exact) mass is 430 g/mol. The van der Waals surface area contributed by atoms with Crippen molar-refractivity contribution in [1.82, 2.24) is 20.3 Å². The first-order valence-electron chi connectivity index (χ1n) is 9.17. The van der Waals surface area contributed by atoms with Crippen molar-refractivity contribution < 1.29 is 5.11 Å². The summed E-state index contributed by atoms with van der Waals surface area (Å²) in [7, 11) is 0. The lowest BCUT2D eigenvalue weighted by Crippen LogP contribution is -2.44. The molecule has 3 heterocycles. The van der Waals surface area contributed by atoms with Gasteiger partial charge in [0, 0.05) is 43.3 Å². The molecule has 0 unspecified atom stereocenters. The molecule has 29 heavy (non-hydrogen) atoms. The Kier molecular flexibility index (Phi) is 7.03. The quantitative estimate of drug-likeness (QED) is 0.569. The summed E-state index contributed by atoms with van der Waals surface area (Å²) in [6.07, 6.45) is 5.75. The zero-order valence-electron chi connectivity index (χ0n) is 16.0. The zero-order valence-corrected chi connectivity index (χ0v) is 17.6. The molecule has 4 rings (SSSR count). The summed E-state index contributed by atoms with van der Waals surface area (Å²) in [6, 6.07) is 9.12. The number of benzene rings is 1. The van der Waals surface area contributed by atoms with Crippen molar-refractivity contribution in [3.8, 4) is 5.75 Å². The molecule has 0 spiro atoms. The Balaban J connectivity index is 0.00000240. The molecule has 3 N–H and O–H groups in total. The highest BCUT2D eigenvalue weighted by Gasteiger charge is 2.14. The summed E-state index contributed by atoms with van der Waals surface area (Å²) in [5, 5.41) is 17.0. The molecule has 1 saturated heterocycles. The first-order valence-corrected chi connectivity index (χ1v) is 9.99. The predicted molar refractivity (Wildman–Crippen MR) is 122 cm³/mol. The number of phenolic OH excluding ortho intramolecular Hbond substituents is 1. The topological polar surface area (TPSA) is 86.2 Å². The van der Waals surface area contributed by atoms with Crippen LogP contribution in [0.15, 0.2) is 36.5 Å². The Labute approximate surface area is 180 Å². The Hall–Kier alpha value is -2.68. The predicted octanol–water partition coefficient (Wildman–Crippen LogP) is 3.69. The maximum atomic E-state index is 9.54. The highest BCUT2D eigenvalue weighted by Crippen LogP contribution is 2.25. The van der Waals surface area contributed by atoms with Crippen LogP contribution in [-0.2, 0) is 0 Å². The third-order valence-corrected chi connectivity index (χ3v) is 5.21. The van der Waals surface area contributed by atoms with E-state index in [0.717, 1.165) is 59.2 Å². The average molecular weight is 431 g/mol. The SMILES string of the molecule is Cc1nc(Nc2ncc(C=Cc3cccc(O)c3)s2)cc(N2CCNCC2)n1.Cl. The Morgan fingerprint density at radius 1 is 1.17 bits per heavy atom. The maximum absolute atomic E-state index is 9.54. The summed E-state index contributed by atoms with van der Waals surface area (Å²) < 4.78 is 0. The summed E-state index contributed by atoms with van der Waals surface area (Å²) in [4.78, 5) is 16.8. The largest absolute Gasteiger partial charge is 0.508 e. The van der Waals surface area contributed by atoms with Crippen LogP contribution >= 0.6 is 23.7 Å². The lowest BCUT2D eigenvalue weighted by molar-refractivity contribution is 0.475. The molecule has 152 valence electrons. The van der Waals surface area contributed by atoms with Gasteiger partial charge in [-0.05, 0) is 30.7 Å². The molecule has 0 radical (unpaired) electrons. The van der Waals surface area contributed by atoms with Crippen LogP contribution in [0.4, 0.5) is 16.8 Å². The van der Waals surface area contributed by atoms with Crippen LogP contribution in [0.1, 0.15) is 16.3 Å². The van der Waals surface area contributed by atoms with Crippen LogP contribution in [0, 0.1) is 6.92 Å². The second kappa shape index (κ2) is 9.69. The first kappa shape index (κ1) is 21.0. The highest BCUT2D eigenvalue weighted by atomic mass is 35.5. The summed E-state index contributed by atoms with van der Waals surface area (Å²) in [6.45, 7) is 5.72. The van der Waals surface area contributed by atoms with Gasteiger partial charge in [-0.1, -0.05) is 29.5 Å². The number of piperazine rings is 1. The van der Waals surface area contributed by atoms with E-state index in [1.807, 2.05) is 43.5 Å².